The molecule has 0 aromatic heterocycles. The van der Waals surface area contributed by atoms with E-state index in [1.807, 2.05) is 7.05 Å². The third kappa shape index (κ3) is 1.31. The molecule has 0 unspecified atom stereocenters. The van der Waals surface area contributed by atoms with Gasteiger partial charge >= 0.3 is 0 Å². The van der Waals surface area contributed by atoms with Crippen LogP contribution < -0.4 is 5.32 Å². The Morgan fingerprint density at radius 2 is 2.17 bits per heavy atom. The van der Waals surface area contributed by atoms with E-state index in [0.717, 1.165) is 5.92 Å². The highest BCUT2D eigenvalue weighted by Gasteiger charge is 2.18. The van der Waals surface area contributed by atoms with E-state index in [4.69, 9.17) is 0 Å². The summed E-state index contributed by atoms with van der Waals surface area (Å²) >= 11 is 0. The van der Waals surface area contributed by atoms with E-state index in [2.05, 4.69) is 29.6 Å². The second-order valence-electron chi connectivity index (χ2n) is 3.50. The summed E-state index contributed by atoms with van der Waals surface area (Å²) in [6, 6.07) is 8.76. The van der Waals surface area contributed by atoms with Crippen LogP contribution in [-0.2, 0) is 0 Å². The maximum Gasteiger partial charge on any atom is 0.0340 e. The summed E-state index contributed by atoms with van der Waals surface area (Å²) in [5.41, 5.74) is 2.74. The third-order valence-electron chi connectivity index (χ3n) is 2.75. The predicted molar refractivity (Wildman–Crippen MR) is 52.6 cm³/mol. The fraction of sp³-hybridized carbons (Fsp3) is 0.455. The van der Waals surface area contributed by atoms with E-state index in [1.165, 1.54) is 30.5 Å². The SMILES string of the molecule is CNc1cccc(C2CCC2)c1. The van der Waals surface area contributed by atoms with Crippen LogP contribution in [0.25, 0.3) is 0 Å². The first-order valence-electron chi connectivity index (χ1n) is 4.68. The second-order valence-corrected chi connectivity index (χ2v) is 3.50. The Hall–Kier alpha value is -0.980. The first kappa shape index (κ1) is 7.66. The van der Waals surface area contributed by atoms with Crippen LogP contribution in [-0.4, -0.2) is 7.05 Å². The Kier molecular flexibility index (Phi) is 2.03. The summed E-state index contributed by atoms with van der Waals surface area (Å²) in [6.45, 7) is 0. The maximum absolute atomic E-state index is 3.17. The molecule has 1 aliphatic rings. The van der Waals surface area contributed by atoms with Crippen LogP contribution >= 0.6 is 0 Å². The molecule has 1 fully saturated rings. The molecular formula is C11H15N. The highest BCUT2D eigenvalue weighted by Crippen LogP contribution is 2.36. The molecule has 1 N–H and O–H groups in total. The summed E-state index contributed by atoms with van der Waals surface area (Å²) in [5, 5.41) is 3.17. The average molecular weight is 161 g/mol. The number of rotatable bonds is 2. The van der Waals surface area contributed by atoms with E-state index >= 15 is 0 Å². The summed E-state index contributed by atoms with van der Waals surface area (Å²) in [4.78, 5) is 0. The molecule has 12 heavy (non-hydrogen) atoms. The molecule has 64 valence electrons. The zero-order valence-electron chi connectivity index (χ0n) is 7.51. The van der Waals surface area contributed by atoms with Gasteiger partial charge in [0.05, 0.1) is 0 Å². The fourth-order valence-corrected chi connectivity index (χ4v) is 1.69. The molecule has 1 aliphatic carbocycles. The van der Waals surface area contributed by atoms with E-state index < -0.39 is 0 Å². The Balaban J connectivity index is 2.19. The monoisotopic (exact) mass is 161 g/mol. The lowest BCUT2D eigenvalue weighted by atomic mass is 9.80. The van der Waals surface area contributed by atoms with Crippen LogP contribution in [0.15, 0.2) is 24.3 Å². The molecule has 0 heterocycles. The van der Waals surface area contributed by atoms with Crippen molar-refractivity contribution in [3.8, 4) is 0 Å². The molecule has 0 radical (unpaired) electrons. The maximum atomic E-state index is 3.17. The average Bonchev–Trinajstić information content (AvgIpc) is 2.02. The quantitative estimate of drug-likeness (QED) is 0.703. The van der Waals surface area contributed by atoms with Crippen LogP contribution in [0, 0.1) is 0 Å². The minimum absolute atomic E-state index is 0.846. The molecular weight excluding hydrogens is 146 g/mol. The van der Waals surface area contributed by atoms with E-state index in [0.29, 0.717) is 0 Å². The van der Waals surface area contributed by atoms with Crippen molar-refractivity contribution in [1.82, 2.24) is 0 Å². The highest BCUT2D eigenvalue weighted by molar-refractivity contribution is 5.46. The minimum atomic E-state index is 0.846. The third-order valence-corrected chi connectivity index (χ3v) is 2.75. The lowest BCUT2D eigenvalue weighted by molar-refractivity contribution is 0.420. The van der Waals surface area contributed by atoms with Crippen LogP contribution in [0.2, 0.25) is 0 Å². The van der Waals surface area contributed by atoms with Crippen molar-refractivity contribution in [2.24, 2.45) is 0 Å². The largest absolute Gasteiger partial charge is 0.388 e. The Morgan fingerprint density at radius 1 is 1.33 bits per heavy atom. The number of hydrogen-bond acceptors (Lipinski definition) is 1. The van der Waals surface area contributed by atoms with Gasteiger partial charge in [0.25, 0.3) is 0 Å². The van der Waals surface area contributed by atoms with Gasteiger partial charge in [-0.25, -0.2) is 0 Å². The molecule has 2 rings (SSSR count). The molecule has 1 aromatic carbocycles. The van der Waals surface area contributed by atoms with Crippen molar-refractivity contribution < 1.29 is 0 Å². The van der Waals surface area contributed by atoms with Gasteiger partial charge in [-0.05, 0) is 36.5 Å². The van der Waals surface area contributed by atoms with Crippen LogP contribution in [0.5, 0.6) is 0 Å². The minimum Gasteiger partial charge on any atom is -0.388 e. The lowest BCUT2D eigenvalue weighted by Gasteiger charge is -2.26. The van der Waals surface area contributed by atoms with Crippen molar-refractivity contribution >= 4 is 5.69 Å². The van der Waals surface area contributed by atoms with Gasteiger partial charge in [-0.3, -0.25) is 0 Å². The first-order valence-corrected chi connectivity index (χ1v) is 4.68. The summed E-state index contributed by atoms with van der Waals surface area (Å²) in [6.07, 6.45) is 4.18. The topological polar surface area (TPSA) is 12.0 Å². The summed E-state index contributed by atoms with van der Waals surface area (Å²) in [7, 11) is 1.97. The first-order chi connectivity index (χ1) is 5.90. The van der Waals surface area contributed by atoms with Crippen molar-refractivity contribution in [2.75, 3.05) is 12.4 Å². The Morgan fingerprint density at radius 3 is 2.75 bits per heavy atom. The number of nitrogens with one attached hydrogen (secondary N) is 1. The van der Waals surface area contributed by atoms with Crippen LogP contribution in [0.1, 0.15) is 30.7 Å². The second kappa shape index (κ2) is 3.18. The molecule has 0 amide bonds. The normalized spacial score (nSPS) is 17.1. The molecule has 1 aromatic rings. The Labute approximate surface area is 73.8 Å². The number of anilines is 1. The van der Waals surface area contributed by atoms with E-state index in [-0.39, 0.29) is 0 Å². The highest BCUT2D eigenvalue weighted by atomic mass is 14.8. The lowest BCUT2D eigenvalue weighted by Crippen LogP contribution is -2.08. The van der Waals surface area contributed by atoms with Gasteiger partial charge in [0, 0.05) is 12.7 Å². The van der Waals surface area contributed by atoms with Gasteiger partial charge in [0.2, 0.25) is 0 Å². The van der Waals surface area contributed by atoms with Crippen molar-refractivity contribution in [3.05, 3.63) is 29.8 Å². The zero-order valence-corrected chi connectivity index (χ0v) is 7.51. The van der Waals surface area contributed by atoms with Gasteiger partial charge in [-0.1, -0.05) is 18.6 Å². The molecule has 0 saturated heterocycles. The molecule has 0 atom stereocenters. The van der Waals surface area contributed by atoms with Crippen molar-refractivity contribution in [2.45, 2.75) is 25.2 Å². The van der Waals surface area contributed by atoms with Gasteiger partial charge in [-0.2, -0.15) is 0 Å². The van der Waals surface area contributed by atoms with Crippen molar-refractivity contribution in [3.63, 3.8) is 0 Å². The van der Waals surface area contributed by atoms with Gasteiger partial charge in [0.15, 0.2) is 0 Å². The van der Waals surface area contributed by atoms with E-state index in [1.54, 1.807) is 0 Å². The van der Waals surface area contributed by atoms with E-state index in [9.17, 15) is 0 Å². The molecule has 0 spiro atoms. The summed E-state index contributed by atoms with van der Waals surface area (Å²) in [5.74, 6) is 0.846. The molecule has 0 aliphatic heterocycles. The predicted octanol–water partition coefficient (Wildman–Crippen LogP) is 3.00. The fourth-order valence-electron chi connectivity index (χ4n) is 1.69. The molecule has 1 heteroatoms. The zero-order chi connectivity index (χ0) is 8.39. The molecule has 1 saturated carbocycles. The number of benzene rings is 1. The smallest absolute Gasteiger partial charge is 0.0340 e. The van der Waals surface area contributed by atoms with Crippen LogP contribution in [0.3, 0.4) is 0 Å². The van der Waals surface area contributed by atoms with Crippen molar-refractivity contribution in [1.29, 1.82) is 0 Å². The standard InChI is InChI=1S/C11H15N/c1-12-11-7-3-6-10(8-11)9-4-2-5-9/h3,6-9,12H,2,4-5H2,1H3. The van der Waals surface area contributed by atoms with Crippen LogP contribution in [0.4, 0.5) is 5.69 Å². The Bertz CT molecular complexity index is 263. The molecule has 1 nitrogen and oxygen atoms in total. The van der Waals surface area contributed by atoms with Gasteiger partial charge < -0.3 is 5.32 Å². The van der Waals surface area contributed by atoms with Gasteiger partial charge in [0.1, 0.15) is 0 Å². The molecule has 0 bridgehead atoms. The number of hydrogen-bond donors (Lipinski definition) is 1. The summed E-state index contributed by atoms with van der Waals surface area (Å²) < 4.78 is 0. The van der Waals surface area contributed by atoms with Gasteiger partial charge in [-0.15, -0.1) is 0 Å².